The number of amides is 1. The molecule has 2 aromatic carbocycles. The summed E-state index contributed by atoms with van der Waals surface area (Å²) >= 11 is 0. The van der Waals surface area contributed by atoms with Crippen molar-refractivity contribution in [3.63, 3.8) is 0 Å². The van der Waals surface area contributed by atoms with Crippen LogP contribution >= 0.6 is 0 Å². The van der Waals surface area contributed by atoms with E-state index in [-0.39, 0.29) is 16.9 Å². The third-order valence-electron chi connectivity index (χ3n) is 5.07. The number of carbonyl (C=O) groups is 2. The van der Waals surface area contributed by atoms with Crippen LogP contribution in [-0.2, 0) is 9.53 Å². The van der Waals surface area contributed by atoms with Gasteiger partial charge in [0.1, 0.15) is 17.3 Å². The highest BCUT2D eigenvalue weighted by molar-refractivity contribution is 5.96. The first-order valence-corrected chi connectivity index (χ1v) is 9.70. The number of rotatable bonds is 6. The van der Waals surface area contributed by atoms with E-state index in [2.05, 4.69) is 12.2 Å². The number of piperidine rings is 1. The number of hydrogen-bond acceptors (Lipinski definition) is 6. The third kappa shape index (κ3) is 5.53. The van der Waals surface area contributed by atoms with Gasteiger partial charge in [0, 0.05) is 25.2 Å². The summed E-state index contributed by atoms with van der Waals surface area (Å²) < 4.78 is 31.4. The molecule has 2 aromatic rings. The van der Waals surface area contributed by atoms with Crippen LogP contribution in [0.3, 0.4) is 0 Å². The van der Waals surface area contributed by atoms with Gasteiger partial charge in [0.25, 0.3) is 11.6 Å². The molecule has 0 unspecified atom stereocenters. The molecule has 1 N–H and O–H groups in total. The molecule has 1 amide bonds. The van der Waals surface area contributed by atoms with Crippen molar-refractivity contribution in [1.82, 2.24) is 0 Å². The maximum absolute atomic E-state index is 13.6. The number of halogens is 2. The number of anilines is 2. The van der Waals surface area contributed by atoms with Crippen LogP contribution in [0.5, 0.6) is 0 Å². The number of carbonyl (C=O) groups excluding carboxylic acids is 2. The second kappa shape index (κ2) is 9.50. The highest BCUT2D eigenvalue weighted by atomic mass is 19.1. The lowest BCUT2D eigenvalue weighted by Gasteiger charge is -2.31. The quantitative estimate of drug-likeness (QED) is 0.421. The topological polar surface area (TPSA) is 102 Å². The number of nitro benzene ring substituents is 1. The molecule has 8 nitrogen and oxygen atoms in total. The standard InChI is InChI=1S/C21H21F2N3O5/c1-13-6-8-25(9-7-13)18-5-2-14(10-19(18)26(29)30)21(28)31-12-20(27)24-17-4-3-15(22)11-16(17)23/h2-5,10-11,13H,6-9,12H2,1H3,(H,24,27). The zero-order valence-corrected chi connectivity index (χ0v) is 16.8. The smallest absolute Gasteiger partial charge is 0.338 e. The van der Waals surface area contributed by atoms with Gasteiger partial charge in [-0.05, 0) is 43.0 Å². The van der Waals surface area contributed by atoms with Crippen molar-refractivity contribution in [2.75, 3.05) is 29.9 Å². The molecule has 0 saturated carbocycles. The third-order valence-corrected chi connectivity index (χ3v) is 5.07. The predicted molar refractivity (Wildman–Crippen MR) is 109 cm³/mol. The Kier molecular flexibility index (Phi) is 6.78. The summed E-state index contributed by atoms with van der Waals surface area (Å²) in [6.07, 6.45) is 1.84. The molecule has 10 heteroatoms. The Balaban J connectivity index is 1.65. The van der Waals surface area contributed by atoms with E-state index >= 15 is 0 Å². The van der Waals surface area contributed by atoms with Gasteiger partial charge < -0.3 is 15.0 Å². The van der Waals surface area contributed by atoms with E-state index in [0.717, 1.165) is 31.0 Å². The second-order valence-electron chi connectivity index (χ2n) is 7.38. The molecule has 31 heavy (non-hydrogen) atoms. The minimum absolute atomic E-state index is 0.0819. The minimum atomic E-state index is -0.974. The van der Waals surface area contributed by atoms with Gasteiger partial charge in [-0.2, -0.15) is 0 Å². The monoisotopic (exact) mass is 433 g/mol. The zero-order valence-electron chi connectivity index (χ0n) is 16.8. The van der Waals surface area contributed by atoms with Crippen LogP contribution in [-0.4, -0.2) is 36.5 Å². The predicted octanol–water partition coefficient (Wildman–Crippen LogP) is 3.90. The fourth-order valence-electron chi connectivity index (χ4n) is 3.31. The SMILES string of the molecule is CC1CCN(c2ccc(C(=O)OCC(=O)Nc3ccc(F)cc3F)cc2[N+](=O)[O-])CC1. The number of nitrogens with one attached hydrogen (secondary N) is 1. The van der Waals surface area contributed by atoms with E-state index in [9.17, 15) is 28.5 Å². The Morgan fingerprint density at radius 2 is 1.90 bits per heavy atom. The fourth-order valence-corrected chi connectivity index (χ4v) is 3.31. The van der Waals surface area contributed by atoms with Crippen LogP contribution in [0.15, 0.2) is 36.4 Å². The molecule has 1 aliphatic rings. The molecule has 3 rings (SSSR count). The average molecular weight is 433 g/mol. The fraction of sp³-hybridized carbons (Fsp3) is 0.333. The van der Waals surface area contributed by atoms with Crippen LogP contribution in [0.25, 0.3) is 0 Å². The Labute approximate surface area is 176 Å². The van der Waals surface area contributed by atoms with E-state index < -0.39 is 35.0 Å². The number of nitro groups is 1. The number of ether oxygens (including phenoxy) is 1. The first kappa shape index (κ1) is 22.1. The van der Waals surface area contributed by atoms with Crippen LogP contribution in [0.1, 0.15) is 30.1 Å². The molecule has 0 radical (unpaired) electrons. The van der Waals surface area contributed by atoms with Crippen molar-refractivity contribution in [2.45, 2.75) is 19.8 Å². The first-order valence-electron chi connectivity index (χ1n) is 9.70. The largest absolute Gasteiger partial charge is 0.452 e. The summed E-state index contributed by atoms with van der Waals surface area (Å²) in [7, 11) is 0. The van der Waals surface area contributed by atoms with Gasteiger partial charge in [0.2, 0.25) is 0 Å². The van der Waals surface area contributed by atoms with E-state index in [0.29, 0.717) is 30.8 Å². The lowest BCUT2D eigenvalue weighted by atomic mass is 9.98. The van der Waals surface area contributed by atoms with Gasteiger partial charge >= 0.3 is 5.97 Å². The lowest BCUT2D eigenvalue weighted by molar-refractivity contribution is -0.384. The van der Waals surface area contributed by atoms with Gasteiger partial charge in [-0.15, -0.1) is 0 Å². The Hall–Kier alpha value is -3.56. The summed E-state index contributed by atoms with van der Waals surface area (Å²) in [5, 5.41) is 13.7. The summed E-state index contributed by atoms with van der Waals surface area (Å²) in [5.41, 5.74) is -0.139. The summed E-state index contributed by atoms with van der Waals surface area (Å²) in [6.45, 7) is 2.76. The van der Waals surface area contributed by atoms with Gasteiger partial charge in [-0.3, -0.25) is 14.9 Å². The highest BCUT2D eigenvalue weighted by Gasteiger charge is 2.25. The summed E-state index contributed by atoms with van der Waals surface area (Å²) in [6, 6.07) is 6.62. The van der Waals surface area contributed by atoms with Crippen LogP contribution in [0.4, 0.5) is 25.8 Å². The van der Waals surface area contributed by atoms with Crippen molar-refractivity contribution >= 4 is 28.9 Å². The van der Waals surface area contributed by atoms with Gasteiger partial charge in [-0.25, -0.2) is 13.6 Å². The van der Waals surface area contributed by atoms with Crippen molar-refractivity contribution in [3.8, 4) is 0 Å². The molecular weight excluding hydrogens is 412 g/mol. The van der Waals surface area contributed by atoms with Crippen molar-refractivity contribution in [3.05, 3.63) is 63.7 Å². The molecular formula is C21H21F2N3O5. The summed E-state index contributed by atoms with van der Waals surface area (Å²) in [5.74, 6) is -2.99. The van der Waals surface area contributed by atoms with Crippen molar-refractivity contribution < 1.29 is 28.0 Å². The zero-order chi connectivity index (χ0) is 22.5. The van der Waals surface area contributed by atoms with E-state index in [1.165, 1.54) is 12.1 Å². The highest BCUT2D eigenvalue weighted by Crippen LogP contribution is 2.32. The molecule has 1 heterocycles. The maximum atomic E-state index is 13.6. The van der Waals surface area contributed by atoms with Gasteiger partial charge in [0.05, 0.1) is 16.2 Å². The lowest BCUT2D eigenvalue weighted by Crippen LogP contribution is -2.33. The van der Waals surface area contributed by atoms with Crippen molar-refractivity contribution in [1.29, 1.82) is 0 Å². The van der Waals surface area contributed by atoms with E-state index in [1.807, 2.05) is 4.90 Å². The number of hydrogen-bond donors (Lipinski definition) is 1. The minimum Gasteiger partial charge on any atom is -0.452 e. The molecule has 0 aliphatic carbocycles. The summed E-state index contributed by atoms with van der Waals surface area (Å²) in [4.78, 5) is 37.0. The number of benzene rings is 2. The van der Waals surface area contributed by atoms with Crippen LogP contribution in [0, 0.1) is 27.7 Å². The molecule has 1 aliphatic heterocycles. The Morgan fingerprint density at radius 1 is 1.19 bits per heavy atom. The molecule has 0 spiro atoms. The van der Waals surface area contributed by atoms with Crippen LogP contribution < -0.4 is 10.2 Å². The average Bonchev–Trinajstić information content (AvgIpc) is 2.74. The Bertz CT molecular complexity index is 1010. The van der Waals surface area contributed by atoms with Gasteiger partial charge in [-0.1, -0.05) is 6.92 Å². The Morgan fingerprint density at radius 3 is 2.55 bits per heavy atom. The normalized spacial score (nSPS) is 14.2. The van der Waals surface area contributed by atoms with Crippen molar-refractivity contribution in [2.24, 2.45) is 5.92 Å². The van der Waals surface area contributed by atoms with E-state index in [4.69, 9.17) is 4.74 Å². The number of nitrogens with zero attached hydrogens (tertiary/aromatic N) is 2. The maximum Gasteiger partial charge on any atom is 0.338 e. The molecule has 1 saturated heterocycles. The van der Waals surface area contributed by atoms with Crippen LogP contribution in [0.2, 0.25) is 0 Å². The number of esters is 1. The second-order valence-corrected chi connectivity index (χ2v) is 7.38. The van der Waals surface area contributed by atoms with Gasteiger partial charge in [0.15, 0.2) is 6.61 Å². The van der Waals surface area contributed by atoms with E-state index in [1.54, 1.807) is 0 Å². The molecule has 0 bridgehead atoms. The molecule has 0 aromatic heterocycles. The molecule has 0 atom stereocenters. The molecule has 164 valence electrons. The molecule has 1 fully saturated rings. The first-order chi connectivity index (χ1) is 14.7.